The highest BCUT2D eigenvalue weighted by molar-refractivity contribution is 5.80. The molecule has 3 aromatic rings. The molecule has 1 amide bonds. The van der Waals surface area contributed by atoms with Gasteiger partial charge >= 0.3 is 0 Å². The molecule has 0 saturated carbocycles. The quantitative estimate of drug-likeness (QED) is 0.543. The predicted octanol–water partition coefficient (Wildman–Crippen LogP) is 3.31. The molecule has 5 heterocycles. The van der Waals surface area contributed by atoms with Crippen LogP contribution in [-0.4, -0.2) is 64.5 Å². The Balaban J connectivity index is 1.12. The fourth-order valence-electron chi connectivity index (χ4n) is 4.91. The Labute approximate surface area is 212 Å². The smallest absolute Gasteiger partial charge is 0.282 e. The van der Waals surface area contributed by atoms with Gasteiger partial charge in [-0.3, -0.25) is 4.79 Å². The largest absolute Gasteiger partial charge is 0.474 e. The van der Waals surface area contributed by atoms with Crippen LogP contribution in [0.2, 0.25) is 0 Å². The van der Waals surface area contributed by atoms with Crippen molar-refractivity contribution in [2.75, 3.05) is 48.3 Å². The molecule has 0 bridgehead atoms. The van der Waals surface area contributed by atoms with Crippen molar-refractivity contribution in [3.63, 3.8) is 0 Å². The third-order valence-electron chi connectivity index (χ3n) is 6.97. The first-order valence-electron chi connectivity index (χ1n) is 12.3. The van der Waals surface area contributed by atoms with Crippen LogP contribution in [0.25, 0.3) is 0 Å². The molecule has 9 nitrogen and oxygen atoms in total. The van der Waals surface area contributed by atoms with Gasteiger partial charge in [-0.25, -0.2) is 23.7 Å². The Hall–Kier alpha value is -4.02. The molecule has 0 unspecified atom stereocenters. The number of carbonyl (C=O) groups excluding carboxylic acids is 1. The minimum absolute atomic E-state index is 0.0974. The van der Waals surface area contributed by atoms with Crippen LogP contribution in [0.5, 0.6) is 5.88 Å². The average molecular weight is 508 g/mol. The fourth-order valence-corrected chi connectivity index (χ4v) is 4.91. The number of likely N-dealkylation sites (tertiary alicyclic amines) is 1. The van der Waals surface area contributed by atoms with Crippen molar-refractivity contribution in [2.24, 2.45) is 0 Å². The standard InChI is InChI=1S/C26H27F2N7O2/c1-16-21(12-30-24-23(16)29-7-9-37-24)34-8-6-18-11-31-25(33-20(18)13-34)32-19-4-2-17(3-5-19)10-22(36)35-14-26(27,28)15-35/h2-5,11-12,29H,6-10,13-15H2,1H3,(H,31,32,33). The molecule has 0 atom stereocenters. The second-order valence-corrected chi connectivity index (χ2v) is 9.67. The molecule has 0 aliphatic carbocycles. The Morgan fingerprint density at radius 3 is 2.78 bits per heavy atom. The molecule has 1 aromatic carbocycles. The lowest BCUT2D eigenvalue weighted by Gasteiger charge is -2.38. The lowest BCUT2D eigenvalue weighted by Crippen LogP contribution is -2.58. The minimum Gasteiger partial charge on any atom is -0.474 e. The number of benzene rings is 1. The van der Waals surface area contributed by atoms with Gasteiger partial charge in [-0.15, -0.1) is 0 Å². The summed E-state index contributed by atoms with van der Waals surface area (Å²) in [5, 5.41) is 6.62. The van der Waals surface area contributed by atoms with E-state index in [2.05, 4.69) is 32.4 Å². The number of fused-ring (bicyclic) bond motifs is 2. The molecule has 37 heavy (non-hydrogen) atoms. The molecule has 192 valence electrons. The minimum atomic E-state index is -2.75. The summed E-state index contributed by atoms with van der Waals surface area (Å²) in [4.78, 5) is 29.4. The molecule has 0 radical (unpaired) electrons. The van der Waals surface area contributed by atoms with Crippen molar-refractivity contribution in [3.8, 4) is 5.88 Å². The summed E-state index contributed by atoms with van der Waals surface area (Å²) in [5.74, 6) is -1.90. The van der Waals surface area contributed by atoms with Gasteiger partial charge in [-0.05, 0) is 36.6 Å². The summed E-state index contributed by atoms with van der Waals surface area (Å²) >= 11 is 0. The number of nitrogens with zero attached hydrogens (tertiary/aromatic N) is 5. The van der Waals surface area contributed by atoms with Gasteiger partial charge in [0.05, 0.1) is 43.6 Å². The third kappa shape index (κ3) is 4.73. The van der Waals surface area contributed by atoms with Crippen molar-refractivity contribution in [1.29, 1.82) is 0 Å². The van der Waals surface area contributed by atoms with Crippen LogP contribution in [-0.2, 0) is 24.2 Å². The Kier molecular flexibility index (Phi) is 5.77. The number of nitrogens with one attached hydrogen (secondary N) is 2. The van der Waals surface area contributed by atoms with Crippen LogP contribution in [0, 0.1) is 6.92 Å². The van der Waals surface area contributed by atoms with Gasteiger partial charge in [0, 0.05) is 30.5 Å². The molecule has 2 aromatic heterocycles. The summed E-state index contributed by atoms with van der Waals surface area (Å²) in [5.41, 5.74) is 6.75. The van der Waals surface area contributed by atoms with Crippen LogP contribution in [0.15, 0.2) is 36.7 Å². The third-order valence-corrected chi connectivity index (χ3v) is 6.97. The van der Waals surface area contributed by atoms with Gasteiger partial charge in [-0.1, -0.05) is 12.1 Å². The van der Waals surface area contributed by atoms with Gasteiger partial charge in [-0.2, -0.15) is 0 Å². The molecule has 3 aliphatic heterocycles. The number of alkyl halides is 2. The number of ether oxygens (including phenoxy) is 1. The lowest BCUT2D eigenvalue weighted by atomic mass is 10.0. The molecule has 1 saturated heterocycles. The maximum absolute atomic E-state index is 13.0. The molecule has 3 aliphatic rings. The molecule has 2 N–H and O–H groups in total. The monoisotopic (exact) mass is 507 g/mol. The first-order chi connectivity index (χ1) is 17.8. The number of hydrogen-bond acceptors (Lipinski definition) is 8. The van der Waals surface area contributed by atoms with E-state index in [1.54, 1.807) is 0 Å². The maximum Gasteiger partial charge on any atom is 0.282 e. The number of halogens is 2. The number of hydrogen-bond donors (Lipinski definition) is 2. The highest BCUT2D eigenvalue weighted by Gasteiger charge is 2.45. The van der Waals surface area contributed by atoms with E-state index in [1.165, 1.54) is 4.90 Å². The topological polar surface area (TPSA) is 95.5 Å². The number of carbonyl (C=O) groups is 1. The van der Waals surface area contributed by atoms with Gasteiger partial charge in [0.1, 0.15) is 12.3 Å². The number of pyridine rings is 1. The molecular weight excluding hydrogens is 480 g/mol. The van der Waals surface area contributed by atoms with E-state index in [0.717, 1.165) is 59.0 Å². The lowest BCUT2D eigenvalue weighted by molar-refractivity contribution is -0.165. The fraction of sp³-hybridized carbons (Fsp3) is 0.385. The zero-order chi connectivity index (χ0) is 25.6. The molecule has 6 rings (SSSR count). The van der Waals surface area contributed by atoms with E-state index in [-0.39, 0.29) is 12.3 Å². The first kappa shape index (κ1) is 23.4. The number of amides is 1. The first-order valence-corrected chi connectivity index (χ1v) is 12.3. The van der Waals surface area contributed by atoms with E-state index in [9.17, 15) is 13.6 Å². The normalized spacial score (nSPS) is 17.6. The summed E-state index contributed by atoms with van der Waals surface area (Å²) in [6.07, 6.45) is 4.67. The van der Waals surface area contributed by atoms with E-state index in [0.29, 0.717) is 25.0 Å². The van der Waals surface area contributed by atoms with Crippen LogP contribution in [0.3, 0.4) is 0 Å². The van der Waals surface area contributed by atoms with E-state index in [1.807, 2.05) is 36.7 Å². The summed E-state index contributed by atoms with van der Waals surface area (Å²) in [6.45, 7) is 3.96. The van der Waals surface area contributed by atoms with Crippen molar-refractivity contribution in [1.82, 2.24) is 19.9 Å². The van der Waals surface area contributed by atoms with Crippen LogP contribution >= 0.6 is 0 Å². The maximum atomic E-state index is 13.0. The molecular formula is C26H27F2N7O2. The Morgan fingerprint density at radius 1 is 1.19 bits per heavy atom. The van der Waals surface area contributed by atoms with Crippen molar-refractivity contribution < 1.29 is 18.3 Å². The number of anilines is 4. The highest BCUT2D eigenvalue weighted by atomic mass is 19.3. The van der Waals surface area contributed by atoms with Gasteiger partial charge in [0.15, 0.2) is 0 Å². The molecule has 1 fully saturated rings. The SMILES string of the molecule is Cc1c(N2CCc3cnc(Nc4ccc(CC(=O)N5CC(F)(F)C5)cc4)nc3C2)cnc2c1NCCO2. The van der Waals surface area contributed by atoms with Crippen LogP contribution in [0.1, 0.15) is 22.4 Å². The zero-order valence-corrected chi connectivity index (χ0v) is 20.4. The number of rotatable bonds is 5. The Bertz CT molecular complexity index is 1340. The van der Waals surface area contributed by atoms with E-state index < -0.39 is 19.0 Å². The summed E-state index contributed by atoms with van der Waals surface area (Å²) in [6, 6.07) is 7.28. The van der Waals surface area contributed by atoms with E-state index >= 15 is 0 Å². The van der Waals surface area contributed by atoms with Gasteiger partial charge < -0.3 is 25.2 Å². The van der Waals surface area contributed by atoms with Crippen molar-refractivity contribution in [2.45, 2.75) is 32.2 Å². The van der Waals surface area contributed by atoms with Gasteiger partial charge in [0.25, 0.3) is 5.92 Å². The summed E-state index contributed by atoms with van der Waals surface area (Å²) in [7, 11) is 0. The van der Waals surface area contributed by atoms with Crippen LogP contribution in [0.4, 0.5) is 31.8 Å². The highest BCUT2D eigenvalue weighted by Crippen LogP contribution is 2.36. The van der Waals surface area contributed by atoms with Crippen molar-refractivity contribution in [3.05, 3.63) is 59.0 Å². The van der Waals surface area contributed by atoms with Gasteiger partial charge in [0.2, 0.25) is 17.7 Å². The Morgan fingerprint density at radius 2 is 2.00 bits per heavy atom. The second kappa shape index (κ2) is 9.13. The number of aromatic nitrogens is 3. The van der Waals surface area contributed by atoms with Crippen LogP contribution < -0.4 is 20.3 Å². The molecule has 0 spiro atoms. The van der Waals surface area contributed by atoms with E-state index in [4.69, 9.17) is 9.72 Å². The summed E-state index contributed by atoms with van der Waals surface area (Å²) < 4.78 is 31.7. The average Bonchev–Trinajstić information content (AvgIpc) is 2.88. The second-order valence-electron chi connectivity index (χ2n) is 9.67. The predicted molar refractivity (Wildman–Crippen MR) is 135 cm³/mol. The zero-order valence-electron chi connectivity index (χ0n) is 20.4. The van der Waals surface area contributed by atoms with Crippen molar-refractivity contribution >= 4 is 28.9 Å². The molecule has 11 heteroatoms.